The second kappa shape index (κ2) is 7.51. The van der Waals surface area contributed by atoms with Gasteiger partial charge in [-0.25, -0.2) is 0 Å². The number of alkyl halides is 1. The Morgan fingerprint density at radius 1 is 1.25 bits per heavy atom. The molecule has 4 aliphatic carbocycles. The van der Waals surface area contributed by atoms with Crippen LogP contribution < -0.4 is 5.32 Å². The van der Waals surface area contributed by atoms with Gasteiger partial charge in [0.25, 0.3) is 0 Å². The van der Waals surface area contributed by atoms with Crippen molar-refractivity contribution in [2.45, 2.75) is 64.7 Å². The molecular weight excluding hydrogens is 362 g/mol. The summed E-state index contributed by atoms with van der Waals surface area (Å²) in [6.45, 7) is 6.94. The monoisotopic (exact) mass is 395 g/mol. The summed E-state index contributed by atoms with van der Waals surface area (Å²) in [5, 5.41) is 2.82. The van der Waals surface area contributed by atoms with Gasteiger partial charge in [-0.1, -0.05) is 47.8 Å². The van der Waals surface area contributed by atoms with E-state index in [0.29, 0.717) is 5.33 Å². The van der Waals surface area contributed by atoms with E-state index in [1.165, 1.54) is 38.5 Å². The van der Waals surface area contributed by atoms with Gasteiger partial charge < -0.3 is 5.32 Å². The third-order valence-corrected chi connectivity index (χ3v) is 8.30. The molecule has 4 aliphatic rings. The predicted molar refractivity (Wildman–Crippen MR) is 104 cm³/mol. The summed E-state index contributed by atoms with van der Waals surface area (Å²) in [7, 11) is 1.60. The third-order valence-electron chi connectivity index (χ3n) is 7.79. The largest absolute Gasteiger partial charge is 0.358 e. The fraction of sp³-hybridized carbons (Fsp3) is 0.857. The first kappa shape index (κ1) is 18.5. The fourth-order valence-corrected chi connectivity index (χ4v) is 6.95. The van der Waals surface area contributed by atoms with Gasteiger partial charge >= 0.3 is 0 Å². The Balaban J connectivity index is 0.000000246. The fourth-order valence-electron chi connectivity index (χ4n) is 6.67. The van der Waals surface area contributed by atoms with Crippen molar-refractivity contribution < 1.29 is 4.79 Å². The Bertz CT molecular complexity index is 484. The molecule has 4 rings (SSSR count). The Kier molecular flexibility index (Phi) is 5.79. The average molecular weight is 396 g/mol. The zero-order valence-corrected chi connectivity index (χ0v) is 17.0. The standard InChI is InChI=1S/C18H28.C3H6BrNO/c1-12-4-3-5-16-15(12)8-9-18-10-13(2)14(11-18)6-7-17(16)18;1-5-3(6)2-4/h12,14-17H,2-11H2,1H3;2H2,1H3,(H,5,6)/t12-,14+,15?,16?,17?,18+;/m0./s1. The third kappa shape index (κ3) is 3.34. The molecule has 0 aromatic rings. The molecule has 1 spiro atoms. The Morgan fingerprint density at radius 2 is 2.04 bits per heavy atom. The molecule has 0 saturated heterocycles. The molecule has 4 fully saturated rings. The smallest absolute Gasteiger partial charge is 0.230 e. The molecule has 136 valence electrons. The zero-order chi connectivity index (χ0) is 17.3. The van der Waals surface area contributed by atoms with Crippen LogP contribution in [0.1, 0.15) is 64.7 Å². The average Bonchev–Trinajstić information content (AvgIpc) is 2.83. The number of amides is 1. The van der Waals surface area contributed by atoms with Gasteiger partial charge in [0.1, 0.15) is 0 Å². The maximum absolute atomic E-state index is 10.0. The van der Waals surface area contributed by atoms with Gasteiger partial charge in [0.2, 0.25) is 5.91 Å². The van der Waals surface area contributed by atoms with Crippen LogP contribution in [0.25, 0.3) is 0 Å². The van der Waals surface area contributed by atoms with E-state index in [0.717, 1.165) is 35.0 Å². The topological polar surface area (TPSA) is 29.1 Å². The molecular formula is C21H34BrNO. The summed E-state index contributed by atoms with van der Waals surface area (Å²) < 4.78 is 0. The summed E-state index contributed by atoms with van der Waals surface area (Å²) in [6, 6.07) is 0. The summed E-state index contributed by atoms with van der Waals surface area (Å²) in [5.74, 6) is 5.20. The molecule has 4 saturated carbocycles. The van der Waals surface area contributed by atoms with Crippen LogP contribution in [0, 0.1) is 35.0 Å². The van der Waals surface area contributed by atoms with Crippen LogP contribution in [0.3, 0.4) is 0 Å². The molecule has 0 aromatic heterocycles. The van der Waals surface area contributed by atoms with Crippen LogP contribution in [0.4, 0.5) is 0 Å². The molecule has 0 heterocycles. The van der Waals surface area contributed by atoms with Crippen molar-refractivity contribution in [3.8, 4) is 0 Å². The number of carbonyl (C=O) groups is 1. The highest BCUT2D eigenvalue weighted by Crippen LogP contribution is 2.66. The van der Waals surface area contributed by atoms with Gasteiger partial charge in [0.15, 0.2) is 0 Å². The minimum atomic E-state index is 0.00926. The minimum Gasteiger partial charge on any atom is -0.358 e. The lowest BCUT2D eigenvalue weighted by Crippen LogP contribution is -2.46. The van der Waals surface area contributed by atoms with Crippen molar-refractivity contribution in [1.29, 1.82) is 0 Å². The van der Waals surface area contributed by atoms with Crippen molar-refractivity contribution in [1.82, 2.24) is 5.32 Å². The van der Waals surface area contributed by atoms with E-state index in [2.05, 4.69) is 34.7 Å². The van der Waals surface area contributed by atoms with Gasteiger partial charge in [0, 0.05) is 7.05 Å². The number of hydrogen-bond donors (Lipinski definition) is 1. The maximum Gasteiger partial charge on any atom is 0.230 e. The molecule has 1 N–H and O–H groups in total. The van der Waals surface area contributed by atoms with E-state index in [1.807, 2.05) is 0 Å². The molecule has 3 unspecified atom stereocenters. The van der Waals surface area contributed by atoms with Crippen molar-refractivity contribution in [3.63, 3.8) is 0 Å². The first-order valence-corrected chi connectivity index (χ1v) is 11.1. The Labute approximate surface area is 156 Å². The lowest BCUT2D eigenvalue weighted by atomic mass is 9.50. The normalized spacial score (nSPS) is 43.1. The maximum atomic E-state index is 10.0. The number of halogens is 1. The van der Waals surface area contributed by atoms with E-state index >= 15 is 0 Å². The SMILES string of the molecule is C=C1C[C@@]23CCC4C(CCC[C@@H]4C)C2CC[C@@H]1C3.CNC(=O)CBr. The van der Waals surface area contributed by atoms with Crippen LogP contribution >= 0.6 is 15.9 Å². The Morgan fingerprint density at radius 3 is 2.71 bits per heavy atom. The zero-order valence-electron chi connectivity index (χ0n) is 15.5. The summed E-state index contributed by atoms with van der Waals surface area (Å²) >= 11 is 2.96. The molecule has 6 atom stereocenters. The highest BCUT2D eigenvalue weighted by Gasteiger charge is 2.56. The first-order chi connectivity index (χ1) is 11.5. The van der Waals surface area contributed by atoms with E-state index in [-0.39, 0.29) is 5.91 Å². The molecule has 0 aromatic carbocycles. The highest BCUT2D eigenvalue weighted by atomic mass is 79.9. The van der Waals surface area contributed by atoms with Crippen molar-refractivity contribution in [2.75, 3.05) is 12.4 Å². The van der Waals surface area contributed by atoms with Crippen molar-refractivity contribution in [2.24, 2.45) is 35.0 Å². The molecule has 3 heteroatoms. The number of carbonyl (C=O) groups excluding carboxylic acids is 1. The Hall–Kier alpha value is -0.310. The molecule has 1 amide bonds. The highest BCUT2D eigenvalue weighted by molar-refractivity contribution is 9.09. The van der Waals surface area contributed by atoms with Gasteiger partial charge in [-0.3, -0.25) is 4.79 Å². The van der Waals surface area contributed by atoms with E-state index in [9.17, 15) is 4.79 Å². The minimum absolute atomic E-state index is 0.00926. The number of rotatable bonds is 1. The molecule has 24 heavy (non-hydrogen) atoms. The second-order valence-corrected chi connectivity index (χ2v) is 9.42. The lowest BCUT2D eigenvalue weighted by Gasteiger charge is -2.55. The van der Waals surface area contributed by atoms with Crippen molar-refractivity contribution in [3.05, 3.63) is 12.2 Å². The lowest BCUT2D eigenvalue weighted by molar-refractivity contribution is -0.117. The van der Waals surface area contributed by atoms with Crippen LogP contribution in [0.5, 0.6) is 0 Å². The van der Waals surface area contributed by atoms with Gasteiger partial charge in [-0.05, 0) is 80.0 Å². The quantitative estimate of drug-likeness (QED) is 0.472. The molecule has 2 nitrogen and oxygen atoms in total. The number of fused-ring (bicyclic) bond motifs is 3. The van der Waals surface area contributed by atoms with Crippen LogP contribution in [-0.2, 0) is 4.79 Å². The van der Waals surface area contributed by atoms with Gasteiger partial charge in [0.05, 0.1) is 5.33 Å². The number of allylic oxidation sites excluding steroid dienone is 1. The summed E-state index contributed by atoms with van der Waals surface area (Å²) in [4.78, 5) is 10.0. The van der Waals surface area contributed by atoms with E-state index < -0.39 is 0 Å². The summed E-state index contributed by atoms with van der Waals surface area (Å²) in [5.41, 5.74) is 2.36. The number of nitrogens with one attached hydrogen (secondary N) is 1. The molecule has 0 radical (unpaired) electrons. The van der Waals surface area contributed by atoms with Crippen molar-refractivity contribution >= 4 is 21.8 Å². The first-order valence-electron chi connectivity index (χ1n) is 9.95. The van der Waals surface area contributed by atoms with Crippen LogP contribution in [-0.4, -0.2) is 18.3 Å². The van der Waals surface area contributed by atoms with Crippen LogP contribution in [0.2, 0.25) is 0 Å². The predicted octanol–water partition coefficient (Wildman–Crippen LogP) is 5.32. The van der Waals surface area contributed by atoms with E-state index in [4.69, 9.17) is 0 Å². The summed E-state index contributed by atoms with van der Waals surface area (Å²) in [6.07, 6.45) is 13.6. The second-order valence-electron chi connectivity index (χ2n) is 8.86. The molecule has 2 bridgehead atoms. The van der Waals surface area contributed by atoms with Gasteiger partial charge in [-0.2, -0.15) is 0 Å². The van der Waals surface area contributed by atoms with Gasteiger partial charge in [-0.15, -0.1) is 0 Å². The number of hydrogen-bond acceptors (Lipinski definition) is 1. The van der Waals surface area contributed by atoms with E-state index in [1.54, 1.807) is 31.9 Å². The molecule has 0 aliphatic heterocycles. The van der Waals surface area contributed by atoms with Crippen LogP contribution in [0.15, 0.2) is 12.2 Å².